The molecule has 2 aliphatic rings. The van der Waals surface area contributed by atoms with E-state index in [2.05, 4.69) is 24.1 Å². The monoisotopic (exact) mass is 475 g/mol. The van der Waals surface area contributed by atoms with Gasteiger partial charge in [-0.05, 0) is 36.0 Å². The number of allylic oxidation sites excluding steroid dienone is 2. The number of nitrogens with one attached hydrogen (secondary N) is 2. The highest BCUT2D eigenvalue weighted by atomic mass is 32.2. The lowest BCUT2D eigenvalue weighted by molar-refractivity contribution is -0.118. The number of hydrogen-bond donors (Lipinski definition) is 2. The number of hydrogen-bond acceptors (Lipinski definition) is 5. The number of nitrogens with zero attached hydrogens (tertiary/aromatic N) is 1. The fourth-order valence-electron chi connectivity index (χ4n) is 4.82. The van der Waals surface area contributed by atoms with Gasteiger partial charge in [0.05, 0.1) is 5.56 Å². The van der Waals surface area contributed by atoms with E-state index in [4.69, 9.17) is 4.98 Å². The number of benzene rings is 2. The van der Waals surface area contributed by atoms with Crippen molar-refractivity contribution in [3.63, 3.8) is 0 Å². The average Bonchev–Trinajstić information content (AvgIpc) is 2.77. The second kappa shape index (κ2) is 8.55. The van der Waals surface area contributed by atoms with E-state index in [-0.39, 0.29) is 22.6 Å². The van der Waals surface area contributed by atoms with Gasteiger partial charge in [0.15, 0.2) is 10.9 Å². The predicted molar refractivity (Wildman–Crippen MR) is 133 cm³/mol. The second-order valence-electron chi connectivity index (χ2n) is 9.82. The number of thioether (sulfide) groups is 1. The van der Waals surface area contributed by atoms with Crippen molar-refractivity contribution in [3.8, 4) is 0 Å². The number of carbonyl (C=O) groups excluding carboxylic acids is 1. The van der Waals surface area contributed by atoms with Gasteiger partial charge < -0.3 is 10.3 Å². The molecule has 0 fully saturated rings. The number of carbonyl (C=O) groups is 1. The molecule has 0 saturated heterocycles. The summed E-state index contributed by atoms with van der Waals surface area (Å²) >= 11 is 1.27. The summed E-state index contributed by atoms with van der Waals surface area (Å²) in [6.45, 7) is 6.16. The maximum Gasteiger partial charge on any atom is 0.257 e. The molecule has 174 valence electrons. The largest absolute Gasteiger partial charge is 0.343 e. The number of fused-ring (bicyclic) bond motifs is 1. The van der Waals surface area contributed by atoms with Gasteiger partial charge in [-0.3, -0.25) is 9.59 Å². The van der Waals surface area contributed by atoms with E-state index in [1.165, 1.54) is 17.8 Å². The highest BCUT2D eigenvalue weighted by molar-refractivity contribution is 7.98. The van der Waals surface area contributed by atoms with Crippen LogP contribution in [-0.2, 0) is 10.5 Å². The Kier molecular flexibility index (Phi) is 5.68. The van der Waals surface area contributed by atoms with Crippen molar-refractivity contribution >= 4 is 23.4 Å². The minimum Gasteiger partial charge on any atom is -0.343 e. The number of Topliss-reactive ketones (excluding diaryl/α,β-unsaturated/α-hetero) is 1. The first-order valence-corrected chi connectivity index (χ1v) is 12.3. The van der Waals surface area contributed by atoms with Crippen LogP contribution >= 0.6 is 11.8 Å². The number of anilines is 1. The van der Waals surface area contributed by atoms with E-state index in [1.807, 2.05) is 31.2 Å². The van der Waals surface area contributed by atoms with E-state index < -0.39 is 5.92 Å². The zero-order chi connectivity index (χ0) is 24.0. The van der Waals surface area contributed by atoms with Gasteiger partial charge >= 0.3 is 0 Å². The van der Waals surface area contributed by atoms with Gasteiger partial charge in [-0.2, -0.15) is 0 Å². The zero-order valence-corrected chi connectivity index (χ0v) is 20.2. The molecule has 5 nitrogen and oxygen atoms in total. The molecule has 1 aliphatic carbocycles. The molecule has 2 aromatic carbocycles. The molecular weight excluding hydrogens is 449 g/mol. The molecule has 2 N–H and O–H groups in total. The lowest BCUT2D eigenvalue weighted by Gasteiger charge is -2.38. The molecule has 0 radical (unpaired) electrons. The van der Waals surface area contributed by atoms with Crippen LogP contribution in [0.1, 0.15) is 54.9 Å². The number of aromatic nitrogens is 2. The number of ketones is 1. The number of halogens is 1. The number of aryl methyl sites for hydroxylation is 1. The molecule has 7 heteroatoms. The normalized spacial score (nSPS) is 18.8. The Balaban J connectivity index is 1.59. The maximum absolute atomic E-state index is 14.1. The fourth-order valence-corrected chi connectivity index (χ4v) is 5.66. The van der Waals surface area contributed by atoms with E-state index in [9.17, 15) is 14.0 Å². The van der Waals surface area contributed by atoms with Crippen LogP contribution in [0, 0.1) is 18.2 Å². The Hall–Kier alpha value is -3.19. The molecule has 1 aliphatic heterocycles. The first-order chi connectivity index (χ1) is 16.2. The fraction of sp³-hybridized carbons (Fsp3) is 0.296. The summed E-state index contributed by atoms with van der Waals surface area (Å²) in [5.74, 6) is 0.111. The van der Waals surface area contributed by atoms with Crippen molar-refractivity contribution in [1.82, 2.24) is 9.97 Å². The molecule has 0 unspecified atom stereocenters. The molecule has 5 rings (SSSR count). The summed E-state index contributed by atoms with van der Waals surface area (Å²) in [7, 11) is 0. The standard InChI is InChI=1S/C27H26FN3O2S/c1-15-8-10-16(11-9-15)21-22-19(12-27(2,3)13-20(22)32)29-24-23(21)25(33)31-26(30-24)34-14-17-6-4-5-7-18(17)28/h4-11,21H,12-14H2,1-3H3,(H2,29,30,31,33)/t21-/m0/s1. The highest BCUT2D eigenvalue weighted by Crippen LogP contribution is 2.47. The topological polar surface area (TPSA) is 74.8 Å². The van der Waals surface area contributed by atoms with Crippen molar-refractivity contribution in [1.29, 1.82) is 0 Å². The third kappa shape index (κ3) is 4.20. The van der Waals surface area contributed by atoms with Crippen molar-refractivity contribution in [3.05, 3.63) is 98.2 Å². The third-order valence-electron chi connectivity index (χ3n) is 6.43. The van der Waals surface area contributed by atoms with Crippen LogP contribution in [0.15, 0.2) is 69.8 Å². The minimum absolute atomic E-state index is 0.0624. The van der Waals surface area contributed by atoms with Gasteiger partial charge in [0.25, 0.3) is 5.56 Å². The maximum atomic E-state index is 14.1. The minimum atomic E-state index is -0.475. The third-order valence-corrected chi connectivity index (χ3v) is 7.36. The quantitative estimate of drug-likeness (QED) is 0.373. The van der Waals surface area contributed by atoms with Crippen LogP contribution in [0.25, 0.3) is 0 Å². The van der Waals surface area contributed by atoms with Crippen molar-refractivity contribution in [2.24, 2.45) is 5.41 Å². The molecule has 2 heterocycles. The van der Waals surface area contributed by atoms with Crippen molar-refractivity contribution in [2.75, 3.05) is 5.32 Å². The molecule has 0 bridgehead atoms. The lowest BCUT2D eigenvalue weighted by Crippen LogP contribution is -2.37. The molecule has 1 atom stereocenters. The van der Waals surface area contributed by atoms with E-state index in [0.29, 0.717) is 46.3 Å². The summed E-state index contributed by atoms with van der Waals surface area (Å²) in [4.78, 5) is 34.2. The van der Waals surface area contributed by atoms with Crippen molar-refractivity contribution in [2.45, 2.75) is 50.4 Å². The first kappa shape index (κ1) is 22.6. The first-order valence-electron chi connectivity index (χ1n) is 11.3. The summed E-state index contributed by atoms with van der Waals surface area (Å²) < 4.78 is 14.1. The smallest absolute Gasteiger partial charge is 0.257 e. The molecule has 0 spiro atoms. The van der Waals surface area contributed by atoms with Crippen LogP contribution < -0.4 is 10.9 Å². The van der Waals surface area contributed by atoms with Gasteiger partial charge in [-0.25, -0.2) is 9.37 Å². The number of rotatable bonds is 4. The van der Waals surface area contributed by atoms with Crippen LogP contribution in [0.2, 0.25) is 0 Å². The van der Waals surface area contributed by atoms with Crippen LogP contribution in [0.5, 0.6) is 0 Å². The summed E-state index contributed by atoms with van der Waals surface area (Å²) in [6.07, 6.45) is 1.13. The SMILES string of the molecule is Cc1ccc([C@H]2C3=C(CC(C)(C)CC3=O)Nc3nc(SCc4ccccc4F)[nH]c(=O)c32)cc1. The summed E-state index contributed by atoms with van der Waals surface area (Å²) in [5.41, 5.74) is 4.03. The average molecular weight is 476 g/mol. The van der Waals surface area contributed by atoms with Gasteiger partial charge in [0.2, 0.25) is 0 Å². The summed E-state index contributed by atoms with van der Waals surface area (Å²) in [6, 6.07) is 14.5. The Morgan fingerprint density at radius 1 is 1.09 bits per heavy atom. The van der Waals surface area contributed by atoms with Crippen LogP contribution in [0.4, 0.5) is 10.2 Å². The number of H-pyrrole nitrogens is 1. The van der Waals surface area contributed by atoms with Gasteiger partial charge in [0.1, 0.15) is 11.6 Å². The molecule has 34 heavy (non-hydrogen) atoms. The summed E-state index contributed by atoms with van der Waals surface area (Å²) in [5, 5.41) is 3.74. The Labute approximate surface area is 201 Å². The van der Waals surface area contributed by atoms with Crippen LogP contribution in [-0.4, -0.2) is 15.8 Å². The van der Waals surface area contributed by atoms with Crippen molar-refractivity contribution < 1.29 is 9.18 Å². The molecule has 0 saturated carbocycles. The van der Waals surface area contributed by atoms with E-state index in [0.717, 1.165) is 16.8 Å². The predicted octanol–water partition coefficient (Wildman–Crippen LogP) is 5.71. The van der Waals surface area contributed by atoms with E-state index >= 15 is 0 Å². The molecule has 0 amide bonds. The van der Waals surface area contributed by atoms with Crippen LogP contribution in [0.3, 0.4) is 0 Å². The molecule has 1 aromatic heterocycles. The Morgan fingerprint density at radius 2 is 1.82 bits per heavy atom. The highest BCUT2D eigenvalue weighted by Gasteiger charge is 2.42. The number of aromatic amines is 1. The van der Waals surface area contributed by atoms with Gasteiger partial charge in [-0.1, -0.05) is 73.6 Å². The second-order valence-corrected chi connectivity index (χ2v) is 10.8. The van der Waals surface area contributed by atoms with E-state index in [1.54, 1.807) is 18.2 Å². The lowest BCUT2D eigenvalue weighted by atomic mass is 9.69. The van der Waals surface area contributed by atoms with Gasteiger partial charge in [0, 0.05) is 29.4 Å². The Morgan fingerprint density at radius 3 is 2.56 bits per heavy atom. The van der Waals surface area contributed by atoms with Gasteiger partial charge in [-0.15, -0.1) is 0 Å². The molecule has 3 aromatic rings. The molecular formula is C27H26FN3O2S. The zero-order valence-electron chi connectivity index (χ0n) is 19.4. The Bertz CT molecular complexity index is 1380.